The number of para-hydroxylation sites is 1. The van der Waals surface area contributed by atoms with E-state index in [0.29, 0.717) is 5.75 Å². The van der Waals surface area contributed by atoms with Gasteiger partial charge < -0.3 is 4.74 Å². The number of ether oxygens (including phenoxy) is 1. The summed E-state index contributed by atoms with van der Waals surface area (Å²) in [6.45, 7) is 1.64. The molecule has 1 amide bonds. The highest BCUT2D eigenvalue weighted by atomic mass is 127. The lowest BCUT2D eigenvalue weighted by Crippen LogP contribution is -2.40. The number of hydrazine groups is 1. The van der Waals surface area contributed by atoms with Crippen LogP contribution < -0.4 is 16.0 Å². The smallest absolute Gasteiger partial charge is 0.274 e. The van der Waals surface area contributed by atoms with Crippen LogP contribution in [0.2, 0.25) is 0 Å². The van der Waals surface area contributed by atoms with Crippen LogP contribution >= 0.6 is 22.6 Å². The van der Waals surface area contributed by atoms with Crippen molar-refractivity contribution >= 4 is 28.5 Å². The van der Waals surface area contributed by atoms with E-state index in [1.165, 1.54) is 0 Å². The molecule has 76 valence electrons. The molecule has 1 atom stereocenters. The highest BCUT2D eigenvalue weighted by Gasteiger charge is 2.13. The lowest BCUT2D eigenvalue weighted by atomic mass is 10.3. The third-order valence-electron chi connectivity index (χ3n) is 1.65. The predicted molar refractivity (Wildman–Crippen MR) is 61.6 cm³/mol. The Morgan fingerprint density at radius 3 is 2.79 bits per heavy atom. The van der Waals surface area contributed by atoms with Crippen LogP contribution in [-0.4, -0.2) is 12.0 Å². The standard InChI is InChI=1S/C9H11IN2O2/c1-6(9(13)12-11)14-8-5-3-2-4-7(8)10/h2-6H,11H2,1H3,(H,12,13). The Hall–Kier alpha value is -0.820. The van der Waals surface area contributed by atoms with Crippen LogP contribution in [0.4, 0.5) is 0 Å². The van der Waals surface area contributed by atoms with Crippen molar-refractivity contribution in [3.8, 4) is 5.75 Å². The molecule has 3 N–H and O–H groups in total. The summed E-state index contributed by atoms with van der Waals surface area (Å²) in [4.78, 5) is 11.1. The molecule has 4 nitrogen and oxygen atoms in total. The fraction of sp³-hybridized carbons (Fsp3) is 0.222. The van der Waals surface area contributed by atoms with E-state index in [2.05, 4.69) is 22.6 Å². The molecule has 0 saturated carbocycles. The van der Waals surface area contributed by atoms with Crippen molar-refractivity contribution in [2.24, 2.45) is 5.84 Å². The first-order chi connectivity index (χ1) is 6.65. The van der Waals surface area contributed by atoms with E-state index < -0.39 is 6.10 Å². The monoisotopic (exact) mass is 306 g/mol. The minimum absolute atomic E-state index is 0.343. The molecule has 0 spiro atoms. The molecule has 0 aliphatic carbocycles. The van der Waals surface area contributed by atoms with Gasteiger partial charge in [-0.3, -0.25) is 10.2 Å². The van der Waals surface area contributed by atoms with E-state index in [1.54, 1.807) is 6.92 Å². The second-order valence-electron chi connectivity index (χ2n) is 2.70. The summed E-state index contributed by atoms with van der Waals surface area (Å²) in [5.74, 6) is 5.32. The first-order valence-electron chi connectivity index (χ1n) is 4.06. The minimum Gasteiger partial charge on any atom is -0.480 e. The quantitative estimate of drug-likeness (QED) is 0.380. The summed E-state index contributed by atoms with van der Waals surface area (Å²) in [7, 11) is 0. The van der Waals surface area contributed by atoms with Crippen molar-refractivity contribution in [1.82, 2.24) is 5.43 Å². The molecule has 5 heteroatoms. The summed E-state index contributed by atoms with van der Waals surface area (Å²) < 4.78 is 6.36. The second-order valence-corrected chi connectivity index (χ2v) is 3.86. The Morgan fingerprint density at radius 2 is 2.21 bits per heavy atom. The van der Waals surface area contributed by atoms with Gasteiger partial charge in [0.15, 0.2) is 6.10 Å². The number of nitrogens with two attached hydrogens (primary N) is 1. The molecule has 14 heavy (non-hydrogen) atoms. The Balaban J connectivity index is 2.69. The number of hydrogen-bond acceptors (Lipinski definition) is 3. The molecule has 0 radical (unpaired) electrons. The number of halogens is 1. The molecule has 0 heterocycles. The van der Waals surface area contributed by atoms with Gasteiger partial charge >= 0.3 is 0 Å². The Morgan fingerprint density at radius 1 is 1.57 bits per heavy atom. The minimum atomic E-state index is -0.587. The summed E-state index contributed by atoms with van der Waals surface area (Å²) in [5.41, 5.74) is 2.04. The summed E-state index contributed by atoms with van der Waals surface area (Å²) in [6, 6.07) is 7.47. The number of rotatable bonds is 3. The van der Waals surface area contributed by atoms with Crippen LogP contribution in [0.25, 0.3) is 0 Å². The Bertz CT molecular complexity index is 330. The van der Waals surface area contributed by atoms with Gasteiger partial charge in [-0.1, -0.05) is 12.1 Å². The van der Waals surface area contributed by atoms with Crippen LogP contribution in [-0.2, 0) is 4.79 Å². The van der Waals surface area contributed by atoms with Crippen LogP contribution in [0.15, 0.2) is 24.3 Å². The van der Waals surface area contributed by atoms with E-state index in [9.17, 15) is 4.79 Å². The van der Waals surface area contributed by atoms with Crippen LogP contribution in [0.1, 0.15) is 6.92 Å². The molecular weight excluding hydrogens is 295 g/mol. The lowest BCUT2D eigenvalue weighted by Gasteiger charge is -2.13. The molecule has 0 aromatic heterocycles. The van der Waals surface area contributed by atoms with E-state index in [-0.39, 0.29) is 5.91 Å². The van der Waals surface area contributed by atoms with E-state index >= 15 is 0 Å². The first kappa shape index (κ1) is 11.3. The number of nitrogens with one attached hydrogen (secondary N) is 1. The van der Waals surface area contributed by atoms with Crippen molar-refractivity contribution < 1.29 is 9.53 Å². The highest BCUT2D eigenvalue weighted by molar-refractivity contribution is 14.1. The molecule has 1 unspecified atom stereocenters. The average Bonchev–Trinajstić information content (AvgIpc) is 2.20. The van der Waals surface area contributed by atoms with E-state index in [1.807, 2.05) is 29.7 Å². The van der Waals surface area contributed by atoms with Crippen LogP contribution in [0, 0.1) is 3.57 Å². The highest BCUT2D eigenvalue weighted by Crippen LogP contribution is 2.20. The van der Waals surface area contributed by atoms with Crippen molar-refractivity contribution in [1.29, 1.82) is 0 Å². The van der Waals surface area contributed by atoms with Crippen molar-refractivity contribution in [2.75, 3.05) is 0 Å². The topological polar surface area (TPSA) is 64.3 Å². The molecule has 0 aliphatic heterocycles. The summed E-state index contributed by atoms with van der Waals surface area (Å²) in [5, 5.41) is 0. The Labute approximate surface area is 95.9 Å². The first-order valence-corrected chi connectivity index (χ1v) is 5.14. The van der Waals surface area contributed by atoms with Gasteiger partial charge in [0.2, 0.25) is 0 Å². The van der Waals surface area contributed by atoms with Gasteiger partial charge in [-0.25, -0.2) is 5.84 Å². The maximum atomic E-state index is 11.1. The number of carbonyl (C=O) groups is 1. The normalized spacial score (nSPS) is 11.9. The molecular formula is C9H11IN2O2. The van der Waals surface area contributed by atoms with Gasteiger partial charge in [0.25, 0.3) is 5.91 Å². The predicted octanol–water partition coefficient (Wildman–Crippen LogP) is 1.05. The SMILES string of the molecule is CC(Oc1ccccc1I)C(=O)NN. The number of benzene rings is 1. The van der Waals surface area contributed by atoms with Crippen LogP contribution in [0.3, 0.4) is 0 Å². The summed E-state index contributed by atoms with van der Waals surface area (Å²) in [6.07, 6.45) is -0.587. The van der Waals surface area contributed by atoms with Gasteiger partial charge in [-0.2, -0.15) is 0 Å². The van der Waals surface area contributed by atoms with Gasteiger partial charge in [0.1, 0.15) is 5.75 Å². The van der Waals surface area contributed by atoms with Crippen molar-refractivity contribution in [3.63, 3.8) is 0 Å². The summed E-state index contributed by atoms with van der Waals surface area (Å²) >= 11 is 2.14. The molecule has 0 saturated heterocycles. The largest absolute Gasteiger partial charge is 0.480 e. The van der Waals surface area contributed by atoms with E-state index in [4.69, 9.17) is 10.6 Å². The third kappa shape index (κ3) is 2.85. The van der Waals surface area contributed by atoms with E-state index in [0.717, 1.165) is 3.57 Å². The number of hydrogen-bond donors (Lipinski definition) is 2. The van der Waals surface area contributed by atoms with Gasteiger partial charge in [0, 0.05) is 0 Å². The fourth-order valence-corrected chi connectivity index (χ4v) is 1.42. The molecule has 1 rings (SSSR count). The van der Waals surface area contributed by atoms with Crippen molar-refractivity contribution in [2.45, 2.75) is 13.0 Å². The van der Waals surface area contributed by atoms with Crippen molar-refractivity contribution in [3.05, 3.63) is 27.8 Å². The molecule has 1 aromatic rings. The van der Waals surface area contributed by atoms with Gasteiger partial charge in [-0.05, 0) is 41.6 Å². The average molecular weight is 306 g/mol. The lowest BCUT2D eigenvalue weighted by molar-refractivity contribution is -0.127. The maximum Gasteiger partial charge on any atom is 0.274 e. The number of amides is 1. The molecule has 0 aliphatic rings. The second kappa shape index (κ2) is 5.16. The maximum absolute atomic E-state index is 11.1. The Kier molecular flexibility index (Phi) is 4.15. The molecule has 0 fully saturated rings. The fourth-order valence-electron chi connectivity index (χ4n) is 0.902. The zero-order valence-electron chi connectivity index (χ0n) is 7.66. The van der Waals surface area contributed by atoms with Gasteiger partial charge in [-0.15, -0.1) is 0 Å². The van der Waals surface area contributed by atoms with Crippen LogP contribution in [0.5, 0.6) is 5.75 Å². The van der Waals surface area contributed by atoms with Gasteiger partial charge in [0.05, 0.1) is 3.57 Å². The third-order valence-corrected chi connectivity index (χ3v) is 2.54. The zero-order valence-corrected chi connectivity index (χ0v) is 9.82. The number of carbonyl (C=O) groups excluding carboxylic acids is 1. The molecule has 1 aromatic carbocycles. The molecule has 0 bridgehead atoms. The zero-order chi connectivity index (χ0) is 10.6.